The Morgan fingerprint density at radius 1 is 1.46 bits per heavy atom. The molecular formula is C12H22N3O9PS. The maximum Gasteiger partial charge on any atom is 0.353 e. The minimum atomic E-state index is -4.22. The van der Waals surface area contributed by atoms with Crippen molar-refractivity contribution in [3.63, 3.8) is 0 Å². The zero-order chi connectivity index (χ0) is 19.5. The van der Waals surface area contributed by atoms with Crippen LogP contribution in [0.25, 0.3) is 0 Å². The molecule has 0 aliphatic carbocycles. The first kappa shape index (κ1) is 21.4. The predicted molar refractivity (Wildman–Crippen MR) is 89.4 cm³/mol. The molecule has 2 amide bonds. The number of amides is 2. The van der Waals surface area contributed by atoms with Gasteiger partial charge in [-0.3, -0.25) is 4.90 Å². The zero-order valence-corrected chi connectivity index (χ0v) is 15.6. The second-order valence-corrected chi connectivity index (χ2v) is 8.07. The average molecular weight is 415 g/mol. The number of hydrogen-bond donors (Lipinski definition) is 5. The van der Waals surface area contributed by atoms with E-state index in [1.54, 1.807) is 0 Å². The molecule has 0 spiro atoms. The van der Waals surface area contributed by atoms with Gasteiger partial charge in [0.05, 0.1) is 19.8 Å². The number of nitrogens with two attached hydrogens (primary N) is 1. The second kappa shape index (κ2) is 8.89. The first-order valence-electron chi connectivity index (χ1n) is 7.56. The monoisotopic (exact) mass is 415 g/mol. The normalized spacial score (nSPS) is 30.0. The summed E-state index contributed by atoms with van der Waals surface area (Å²) in [7, 11) is 1.48. The fourth-order valence-corrected chi connectivity index (χ4v) is 3.13. The Labute approximate surface area is 154 Å². The number of aliphatic hydroxyl groups is 2. The van der Waals surface area contributed by atoms with E-state index in [0.29, 0.717) is 5.06 Å². The van der Waals surface area contributed by atoms with Crippen LogP contribution >= 0.6 is 6.72 Å². The molecule has 12 nitrogen and oxygen atoms in total. The van der Waals surface area contributed by atoms with Crippen molar-refractivity contribution in [2.24, 2.45) is 5.73 Å². The van der Waals surface area contributed by atoms with Crippen molar-refractivity contribution in [1.29, 1.82) is 0 Å². The van der Waals surface area contributed by atoms with Crippen LogP contribution in [0.4, 0.5) is 4.79 Å². The fourth-order valence-electron chi connectivity index (χ4n) is 2.55. The average Bonchev–Trinajstić information content (AvgIpc) is 2.87. The molecule has 4 atom stereocenters. The van der Waals surface area contributed by atoms with Crippen molar-refractivity contribution in [3.8, 4) is 0 Å². The highest BCUT2D eigenvalue weighted by molar-refractivity contribution is 8.06. The molecule has 2 aliphatic rings. The molecule has 14 heteroatoms. The molecule has 6 N–H and O–H groups in total. The van der Waals surface area contributed by atoms with Crippen molar-refractivity contribution in [2.75, 3.05) is 33.5 Å². The van der Waals surface area contributed by atoms with Crippen LogP contribution in [0.15, 0.2) is 11.9 Å². The van der Waals surface area contributed by atoms with Crippen LogP contribution < -0.4 is 5.73 Å². The van der Waals surface area contributed by atoms with Gasteiger partial charge in [0.2, 0.25) is 0 Å². The Kier molecular flexibility index (Phi) is 7.33. The number of ether oxygens (including phenoxy) is 3. The molecule has 0 bridgehead atoms. The summed E-state index contributed by atoms with van der Waals surface area (Å²) in [4.78, 5) is 32.3. The van der Waals surface area contributed by atoms with Crippen molar-refractivity contribution in [2.45, 2.75) is 24.5 Å². The van der Waals surface area contributed by atoms with E-state index in [0.717, 1.165) is 4.90 Å². The standard InChI is InChI=1S/C12H22N3O9PS/c1-21-4-5-22-10-9(17)7(6-16)23-11(10)14-3-2-8(13)15(12(14)18)24-25(19,20)26/h2,7,9-11,16-17H,3-6,13H2,1H3,(H2,19,20,26)/t7-,9-,10-,11-/m1/s1. The lowest BCUT2D eigenvalue weighted by molar-refractivity contribution is -0.116. The summed E-state index contributed by atoms with van der Waals surface area (Å²) in [6.07, 6.45) is -2.88. The summed E-state index contributed by atoms with van der Waals surface area (Å²) >= 11 is 4.36. The molecule has 0 aromatic carbocycles. The Bertz CT molecular complexity index is 588. The molecule has 150 valence electrons. The molecule has 2 heterocycles. The highest BCUT2D eigenvalue weighted by atomic mass is 32.5. The third-order valence-electron chi connectivity index (χ3n) is 3.74. The highest BCUT2D eigenvalue weighted by Crippen LogP contribution is 2.40. The number of rotatable bonds is 8. The van der Waals surface area contributed by atoms with E-state index in [2.05, 4.69) is 16.4 Å². The summed E-state index contributed by atoms with van der Waals surface area (Å²) in [5, 5.41) is 20.1. The number of hydroxylamine groups is 2. The molecule has 0 aromatic heterocycles. The number of nitrogens with zero attached hydrogens (tertiary/aromatic N) is 2. The lowest BCUT2D eigenvalue weighted by Gasteiger charge is -2.37. The number of carbonyl (C=O) groups excluding carboxylic acids is 1. The molecule has 26 heavy (non-hydrogen) atoms. The van der Waals surface area contributed by atoms with Gasteiger partial charge in [0.1, 0.15) is 24.1 Å². The van der Waals surface area contributed by atoms with Crippen LogP contribution in [0.1, 0.15) is 0 Å². The third kappa shape index (κ3) is 4.89. The number of aliphatic hydroxyl groups excluding tert-OH is 2. The van der Waals surface area contributed by atoms with Crippen molar-refractivity contribution >= 4 is 24.6 Å². The Morgan fingerprint density at radius 3 is 2.73 bits per heavy atom. The Balaban J connectivity index is 2.20. The topological polar surface area (TPSA) is 167 Å². The minimum absolute atomic E-state index is 0.0239. The molecule has 1 fully saturated rings. The van der Waals surface area contributed by atoms with E-state index in [1.807, 2.05) is 0 Å². The Hall–Kier alpha value is -0.860. The zero-order valence-electron chi connectivity index (χ0n) is 13.9. The molecule has 0 unspecified atom stereocenters. The smallest absolute Gasteiger partial charge is 0.353 e. The third-order valence-corrected chi connectivity index (χ3v) is 4.31. The summed E-state index contributed by atoms with van der Waals surface area (Å²) in [5.41, 5.74) is 5.64. The van der Waals surface area contributed by atoms with Crippen LogP contribution in [0.5, 0.6) is 0 Å². The largest absolute Gasteiger partial charge is 0.394 e. The second-order valence-electron chi connectivity index (χ2n) is 5.50. The van der Waals surface area contributed by atoms with Gasteiger partial charge in [0.25, 0.3) is 0 Å². The number of urea groups is 1. The van der Waals surface area contributed by atoms with E-state index >= 15 is 0 Å². The van der Waals surface area contributed by atoms with E-state index in [4.69, 9.17) is 19.9 Å². The lowest BCUT2D eigenvalue weighted by Crippen LogP contribution is -2.55. The first-order chi connectivity index (χ1) is 12.2. The van der Waals surface area contributed by atoms with E-state index in [-0.39, 0.29) is 25.6 Å². The van der Waals surface area contributed by atoms with E-state index in [1.165, 1.54) is 13.2 Å². The van der Waals surface area contributed by atoms with Gasteiger partial charge < -0.3 is 39.9 Å². The number of hydrogen-bond acceptors (Lipinski definition) is 9. The molecule has 2 rings (SSSR count). The van der Waals surface area contributed by atoms with Gasteiger partial charge in [-0.2, -0.15) is 4.62 Å². The van der Waals surface area contributed by atoms with Crippen molar-refractivity contribution in [3.05, 3.63) is 11.9 Å². The lowest BCUT2D eigenvalue weighted by atomic mass is 10.1. The summed E-state index contributed by atoms with van der Waals surface area (Å²) in [6.45, 7) is -4.38. The van der Waals surface area contributed by atoms with Crippen LogP contribution in [-0.4, -0.2) is 94.0 Å². The fraction of sp³-hybridized carbons (Fsp3) is 0.750. The number of carbonyl (C=O) groups is 1. The summed E-state index contributed by atoms with van der Waals surface area (Å²) in [5.74, 6) is -0.183. The number of methoxy groups -OCH3 is 1. The molecule has 2 aliphatic heterocycles. The Morgan fingerprint density at radius 2 is 2.15 bits per heavy atom. The van der Waals surface area contributed by atoms with E-state index in [9.17, 15) is 24.8 Å². The van der Waals surface area contributed by atoms with Gasteiger partial charge in [-0.25, -0.2) is 4.79 Å². The predicted octanol–water partition coefficient (Wildman–Crippen LogP) is -2.23. The van der Waals surface area contributed by atoms with Gasteiger partial charge in [0, 0.05) is 13.7 Å². The minimum Gasteiger partial charge on any atom is -0.394 e. The summed E-state index contributed by atoms with van der Waals surface area (Å²) in [6, 6.07) is -0.890. The van der Waals surface area contributed by atoms with Gasteiger partial charge in [0.15, 0.2) is 6.23 Å². The van der Waals surface area contributed by atoms with Crippen LogP contribution in [0, 0.1) is 0 Å². The maximum absolute atomic E-state index is 12.6. The molecule has 1 saturated heterocycles. The molecule has 0 radical (unpaired) electrons. The quantitative estimate of drug-likeness (QED) is 0.215. The van der Waals surface area contributed by atoms with Crippen LogP contribution in [0.2, 0.25) is 0 Å². The van der Waals surface area contributed by atoms with Crippen LogP contribution in [0.3, 0.4) is 0 Å². The van der Waals surface area contributed by atoms with E-state index < -0.39 is 43.9 Å². The molecular weight excluding hydrogens is 393 g/mol. The first-order valence-corrected chi connectivity index (χ1v) is 10.2. The van der Waals surface area contributed by atoms with Crippen molar-refractivity contribution in [1.82, 2.24) is 9.96 Å². The van der Waals surface area contributed by atoms with Gasteiger partial charge in [-0.1, -0.05) is 0 Å². The van der Waals surface area contributed by atoms with Gasteiger partial charge in [-0.05, 0) is 17.9 Å². The van der Waals surface area contributed by atoms with Gasteiger partial charge >= 0.3 is 12.7 Å². The highest BCUT2D eigenvalue weighted by Gasteiger charge is 2.50. The van der Waals surface area contributed by atoms with Crippen molar-refractivity contribution < 1.29 is 43.6 Å². The van der Waals surface area contributed by atoms with Crippen LogP contribution in [-0.2, 0) is 30.6 Å². The van der Waals surface area contributed by atoms with Gasteiger partial charge in [-0.15, -0.1) is 5.06 Å². The molecule has 0 saturated carbocycles. The SMILES string of the molecule is COCCO[C@@H]1[C@H](O)[C@@H](CO)O[C@H]1N1CC=C(N)N(OP(O)(O)=S)C1=O. The molecule has 0 aromatic rings. The summed E-state index contributed by atoms with van der Waals surface area (Å²) < 4.78 is 20.6. The maximum atomic E-state index is 12.6.